The molecule has 5 heteroatoms. The van der Waals surface area contributed by atoms with Crippen molar-refractivity contribution in [2.45, 2.75) is 63.5 Å². The third-order valence-electron chi connectivity index (χ3n) is 4.76. The lowest BCUT2D eigenvalue weighted by atomic mass is 9.99. The zero-order valence-electron chi connectivity index (χ0n) is 14.0. The topological polar surface area (TPSA) is 32.3 Å². The molecule has 0 spiro atoms. The highest BCUT2D eigenvalue weighted by molar-refractivity contribution is 8.77. The number of nitrogens with zero attached hydrogens (tertiary/aromatic N) is 1. The summed E-state index contributed by atoms with van der Waals surface area (Å²) in [5, 5.41) is 3.93. The molecule has 0 aromatic heterocycles. The second-order valence-corrected chi connectivity index (χ2v) is 9.59. The Hall–Kier alpha value is 0.130. The molecule has 2 saturated heterocycles. The third-order valence-corrected chi connectivity index (χ3v) is 7.76. The van der Waals surface area contributed by atoms with Crippen molar-refractivity contribution in [1.82, 2.24) is 10.2 Å². The van der Waals surface area contributed by atoms with Crippen molar-refractivity contribution in [3.05, 3.63) is 0 Å². The molecule has 2 fully saturated rings. The molecular weight excluding hydrogens is 312 g/mol. The van der Waals surface area contributed by atoms with Crippen molar-refractivity contribution >= 4 is 27.5 Å². The van der Waals surface area contributed by atoms with Gasteiger partial charge in [0.05, 0.1) is 0 Å². The van der Waals surface area contributed by atoms with E-state index in [4.69, 9.17) is 0 Å². The minimum Gasteiger partial charge on any atom is -0.356 e. The maximum absolute atomic E-state index is 11.8. The Kier molecular flexibility index (Phi) is 9.08. The van der Waals surface area contributed by atoms with Crippen molar-refractivity contribution in [3.63, 3.8) is 0 Å². The molecule has 1 N–H and O–H groups in total. The molecule has 2 aliphatic rings. The Labute approximate surface area is 144 Å². The molecule has 3 nitrogen and oxygen atoms in total. The van der Waals surface area contributed by atoms with Gasteiger partial charge in [-0.25, -0.2) is 0 Å². The normalized spacial score (nSPS) is 23.8. The number of likely N-dealkylation sites (tertiary alicyclic amines) is 1. The summed E-state index contributed by atoms with van der Waals surface area (Å²) in [7, 11) is 4.05. The van der Waals surface area contributed by atoms with Gasteiger partial charge < -0.3 is 10.2 Å². The predicted molar refractivity (Wildman–Crippen MR) is 99.4 cm³/mol. The van der Waals surface area contributed by atoms with Crippen LogP contribution in [0.1, 0.15) is 58.3 Å². The van der Waals surface area contributed by atoms with E-state index in [-0.39, 0.29) is 5.91 Å². The third kappa shape index (κ3) is 7.60. The highest BCUT2D eigenvalue weighted by Gasteiger charge is 2.16. The van der Waals surface area contributed by atoms with Gasteiger partial charge in [0.2, 0.25) is 5.91 Å². The molecular formula is C17H32N2OS2. The van der Waals surface area contributed by atoms with Gasteiger partial charge >= 0.3 is 0 Å². The van der Waals surface area contributed by atoms with Crippen LogP contribution in [-0.4, -0.2) is 48.0 Å². The van der Waals surface area contributed by atoms with Crippen LogP contribution < -0.4 is 5.32 Å². The average molecular weight is 345 g/mol. The lowest BCUT2D eigenvalue weighted by molar-refractivity contribution is -0.121. The highest BCUT2D eigenvalue weighted by Crippen LogP contribution is 2.39. The Balaban J connectivity index is 1.39. The van der Waals surface area contributed by atoms with Crippen LogP contribution in [0.4, 0.5) is 0 Å². The molecule has 1 atom stereocenters. The Morgan fingerprint density at radius 3 is 2.73 bits per heavy atom. The lowest BCUT2D eigenvalue weighted by Crippen LogP contribution is -2.35. The molecule has 1 unspecified atom stereocenters. The van der Waals surface area contributed by atoms with Crippen LogP contribution in [-0.2, 0) is 4.79 Å². The van der Waals surface area contributed by atoms with E-state index in [1.54, 1.807) is 0 Å². The van der Waals surface area contributed by atoms with Gasteiger partial charge in [0.1, 0.15) is 0 Å². The molecule has 22 heavy (non-hydrogen) atoms. The first kappa shape index (κ1) is 18.5. The fraction of sp³-hybridized carbons (Fsp3) is 0.941. The van der Waals surface area contributed by atoms with Gasteiger partial charge in [-0.15, -0.1) is 0 Å². The van der Waals surface area contributed by atoms with Crippen LogP contribution in [0, 0.1) is 5.92 Å². The lowest BCUT2D eigenvalue weighted by Gasteiger charge is -2.30. The van der Waals surface area contributed by atoms with Gasteiger partial charge in [0.25, 0.3) is 0 Å². The van der Waals surface area contributed by atoms with E-state index >= 15 is 0 Å². The largest absolute Gasteiger partial charge is 0.356 e. The number of amides is 1. The van der Waals surface area contributed by atoms with Gasteiger partial charge in [0, 0.05) is 24.0 Å². The number of hydrogen-bond acceptors (Lipinski definition) is 4. The Bertz CT molecular complexity index is 314. The standard InChI is InChI=1S/C17H32N2OS2/c1-15-7-12-19(13-8-15)11-4-10-18-17(20)6-3-2-5-16-9-14-21-22-16/h15-16H,2-14H2,1H3,(H,18,20). The monoisotopic (exact) mass is 344 g/mol. The number of carbonyl (C=O) groups excluding carboxylic acids is 1. The van der Waals surface area contributed by atoms with E-state index in [1.165, 1.54) is 50.9 Å². The summed E-state index contributed by atoms with van der Waals surface area (Å²) in [5.41, 5.74) is 0. The van der Waals surface area contributed by atoms with Crippen LogP contribution in [0.5, 0.6) is 0 Å². The first-order valence-corrected chi connectivity index (χ1v) is 11.4. The molecule has 128 valence electrons. The molecule has 2 heterocycles. The number of rotatable bonds is 9. The fourth-order valence-corrected chi connectivity index (χ4v) is 6.15. The highest BCUT2D eigenvalue weighted by atomic mass is 33.1. The summed E-state index contributed by atoms with van der Waals surface area (Å²) < 4.78 is 0. The van der Waals surface area contributed by atoms with Crippen molar-refractivity contribution in [3.8, 4) is 0 Å². The number of carbonyl (C=O) groups is 1. The average Bonchev–Trinajstić information content (AvgIpc) is 3.03. The summed E-state index contributed by atoms with van der Waals surface area (Å²) in [6, 6.07) is 0. The van der Waals surface area contributed by atoms with Crippen molar-refractivity contribution in [2.24, 2.45) is 5.92 Å². The Morgan fingerprint density at radius 2 is 2.00 bits per heavy atom. The Morgan fingerprint density at radius 1 is 1.18 bits per heavy atom. The predicted octanol–water partition coefficient (Wildman–Crippen LogP) is 3.94. The summed E-state index contributed by atoms with van der Waals surface area (Å²) in [6.45, 7) is 6.82. The first-order chi connectivity index (χ1) is 10.7. The minimum absolute atomic E-state index is 0.251. The van der Waals surface area contributed by atoms with E-state index in [2.05, 4.69) is 17.1 Å². The van der Waals surface area contributed by atoms with Crippen molar-refractivity contribution in [2.75, 3.05) is 31.9 Å². The first-order valence-electron chi connectivity index (χ1n) is 9.01. The summed E-state index contributed by atoms with van der Waals surface area (Å²) in [5.74, 6) is 2.46. The SMILES string of the molecule is CC1CCN(CCCNC(=O)CCCCC2CCSS2)CC1. The number of hydrogen-bond donors (Lipinski definition) is 1. The summed E-state index contributed by atoms with van der Waals surface area (Å²) in [6.07, 6.45) is 9.39. The molecule has 0 aliphatic carbocycles. The molecule has 0 aromatic carbocycles. The fourth-order valence-electron chi connectivity index (χ4n) is 3.13. The number of piperidine rings is 1. The van der Waals surface area contributed by atoms with Gasteiger partial charge in [-0.3, -0.25) is 4.79 Å². The minimum atomic E-state index is 0.251. The van der Waals surface area contributed by atoms with Crippen molar-refractivity contribution < 1.29 is 4.79 Å². The van der Waals surface area contributed by atoms with E-state index in [0.717, 1.165) is 37.1 Å². The summed E-state index contributed by atoms with van der Waals surface area (Å²) in [4.78, 5) is 14.3. The number of nitrogens with one attached hydrogen (secondary N) is 1. The molecule has 0 aromatic rings. The second-order valence-electron chi connectivity index (χ2n) is 6.80. The maximum atomic E-state index is 11.8. The zero-order chi connectivity index (χ0) is 15.6. The van der Waals surface area contributed by atoms with Gasteiger partial charge in [-0.05, 0) is 64.1 Å². The zero-order valence-corrected chi connectivity index (χ0v) is 15.7. The van der Waals surface area contributed by atoms with Gasteiger partial charge in [-0.2, -0.15) is 0 Å². The quantitative estimate of drug-likeness (QED) is 0.507. The molecule has 0 bridgehead atoms. The van der Waals surface area contributed by atoms with Crippen LogP contribution in [0.25, 0.3) is 0 Å². The molecule has 0 radical (unpaired) electrons. The second kappa shape index (κ2) is 10.8. The smallest absolute Gasteiger partial charge is 0.219 e. The van der Waals surface area contributed by atoms with Gasteiger partial charge in [0.15, 0.2) is 0 Å². The van der Waals surface area contributed by atoms with Gasteiger partial charge in [-0.1, -0.05) is 34.9 Å². The number of unbranched alkanes of at least 4 members (excludes halogenated alkanes) is 1. The maximum Gasteiger partial charge on any atom is 0.219 e. The van der Waals surface area contributed by atoms with E-state index in [9.17, 15) is 4.79 Å². The molecule has 2 rings (SSSR count). The van der Waals surface area contributed by atoms with Crippen LogP contribution in [0.2, 0.25) is 0 Å². The molecule has 2 aliphatic heterocycles. The molecule has 0 saturated carbocycles. The van der Waals surface area contributed by atoms with Crippen LogP contribution in [0.3, 0.4) is 0 Å². The van der Waals surface area contributed by atoms with Crippen molar-refractivity contribution in [1.29, 1.82) is 0 Å². The van der Waals surface area contributed by atoms with Crippen LogP contribution >= 0.6 is 21.6 Å². The van der Waals surface area contributed by atoms with E-state index in [1.807, 2.05) is 21.6 Å². The van der Waals surface area contributed by atoms with Crippen LogP contribution in [0.15, 0.2) is 0 Å². The summed E-state index contributed by atoms with van der Waals surface area (Å²) >= 11 is 0. The van der Waals surface area contributed by atoms with E-state index in [0.29, 0.717) is 6.42 Å². The molecule has 1 amide bonds. The van der Waals surface area contributed by atoms with E-state index < -0.39 is 0 Å².